The number of hydrogen-bond acceptors (Lipinski definition) is 5. The van der Waals surface area contributed by atoms with Gasteiger partial charge in [0, 0.05) is 57.3 Å². The molecule has 2 fully saturated rings. The summed E-state index contributed by atoms with van der Waals surface area (Å²) in [7, 11) is 0. The number of benzene rings is 1. The molecule has 1 saturated carbocycles. The molecule has 1 aromatic heterocycles. The molecule has 0 radical (unpaired) electrons. The standard InChI is InChI=1S/C19H25N5/c1-8-20-19(21-9-1)22-14-16-4-6-18(7-5-16)24-12-10-23(11-13-24)15-17-2-3-17/h1,4-9,17H,2-3,10-15H2,(H,20,21,22). The van der Waals surface area contributed by atoms with Gasteiger partial charge in [-0.2, -0.15) is 0 Å². The number of piperazine rings is 1. The molecule has 0 bridgehead atoms. The van der Waals surface area contributed by atoms with Crippen LogP contribution in [0.1, 0.15) is 18.4 Å². The molecule has 2 aliphatic rings. The van der Waals surface area contributed by atoms with Gasteiger partial charge in [-0.15, -0.1) is 0 Å². The monoisotopic (exact) mass is 323 g/mol. The van der Waals surface area contributed by atoms with Gasteiger partial charge < -0.3 is 10.2 Å². The molecule has 0 spiro atoms. The van der Waals surface area contributed by atoms with Crippen LogP contribution in [0.25, 0.3) is 0 Å². The molecular weight excluding hydrogens is 298 g/mol. The maximum absolute atomic E-state index is 4.18. The summed E-state index contributed by atoms with van der Waals surface area (Å²) in [5, 5.41) is 3.25. The number of nitrogens with one attached hydrogen (secondary N) is 1. The van der Waals surface area contributed by atoms with Gasteiger partial charge in [0.2, 0.25) is 5.95 Å². The molecule has 1 N–H and O–H groups in total. The Hall–Kier alpha value is -2.14. The average Bonchev–Trinajstić information content (AvgIpc) is 3.46. The summed E-state index contributed by atoms with van der Waals surface area (Å²) in [6.45, 7) is 6.75. The summed E-state index contributed by atoms with van der Waals surface area (Å²) in [6, 6.07) is 10.7. The zero-order valence-electron chi connectivity index (χ0n) is 14.1. The lowest BCUT2D eigenvalue weighted by atomic mass is 10.1. The zero-order valence-corrected chi connectivity index (χ0v) is 14.1. The fraction of sp³-hybridized carbons (Fsp3) is 0.474. The van der Waals surface area contributed by atoms with Crippen LogP contribution in [0.15, 0.2) is 42.7 Å². The molecule has 1 aromatic carbocycles. The van der Waals surface area contributed by atoms with Crippen LogP contribution in [0.3, 0.4) is 0 Å². The van der Waals surface area contributed by atoms with Crippen molar-refractivity contribution in [1.29, 1.82) is 0 Å². The van der Waals surface area contributed by atoms with Crippen molar-refractivity contribution in [3.05, 3.63) is 48.3 Å². The smallest absolute Gasteiger partial charge is 0.222 e. The Morgan fingerprint density at radius 2 is 1.67 bits per heavy atom. The highest BCUT2D eigenvalue weighted by Gasteiger charge is 2.26. The molecule has 2 aromatic rings. The summed E-state index contributed by atoms with van der Waals surface area (Å²) < 4.78 is 0. The normalized spacial score (nSPS) is 18.6. The molecule has 4 rings (SSSR count). The molecule has 0 atom stereocenters. The predicted octanol–water partition coefficient (Wildman–Crippen LogP) is 2.62. The summed E-state index contributed by atoms with van der Waals surface area (Å²) in [5.74, 6) is 1.67. The first-order valence-electron chi connectivity index (χ1n) is 8.94. The number of anilines is 2. The van der Waals surface area contributed by atoms with E-state index >= 15 is 0 Å². The fourth-order valence-electron chi connectivity index (χ4n) is 3.25. The predicted molar refractivity (Wildman–Crippen MR) is 97.2 cm³/mol. The highest BCUT2D eigenvalue weighted by atomic mass is 15.3. The quantitative estimate of drug-likeness (QED) is 0.885. The highest BCUT2D eigenvalue weighted by Crippen LogP contribution is 2.30. The third-order valence-corrected chi connectivity index (χ3v) is 4.90. The molecule has 5 heteroatoms. The van der Waals surface area contributed by atoms with Crippen molar-refractivity contribution in [3.8, 4) is 0 Å². The Labute approximate surface area is 143 Å². The molecule has 1 aliphatic carbocycles. The minimum Gasteiger partial charge on any atom is -0.369 e. The first-order chi connectivity index (χ1) is 11.9. The van der Waals surface area contributed by atoms with Gasteiger partial charge in [0.25, 0.3) is 0 Å². The van der Waals surface area contributed by atoms with E-state index in [0.29, 0.717) is 5.95 Å². The molecular formula is C19H25N5. The van der Waals surface area contributed by atoms with Crippen molar-refractivity contribution in [2.45, 2.75) is 19.4 Å². The van der Waals surface area contributed by atoms with Crippen LogP contribution in [0, 0.1) is 5.92 Å². The SMILES string of the molecule is c1cnc(NCc2ccc(N3CCN(CC4CC4)CC3)cc2)nc1. The van der Waals surface area contributed by atoms with Gasteiger partial charge in [0.15, 0.2) is 0 Å². The second-order valence-corrected chi connectivity index (χ2v) is 6.82. The van der Waals surface area contributed by atoms with E-state index in [-0.39, 0.29) is 0 Å². The van der Waals surface area contributed by atoms with Gasteiger partial charge in [0.05, 0.1) is 0 Å². The van der Waals surface area contributed by atoms with Crippen molar-refractivity contribution < 1.29 is 0 Å². The van der Waals surface area contributed by atoms with E-state index < -0.39 is 0 Å². The molecule has 0 amide bonds. The Balaban J connectivity index is 1.27. The van der Waals surface area contributed by atoms with Gasteiger partial charge in [-0.05, 0) is 42.5 Å². The zero-order chi connectivity index (χ0) is 16.2. The minimum atomic E-state index is 0.674. The van der Waals surface area contributed by atoms with Gasteiger partial charge in [-0.25, -0.2) is 9.97 Å². The van der Waals surface area contributed by atoms with Crippen molar-refractivity contribution >= 4 is 11.6 Å². The first-order valence-corrected chi connectivity index (χ1v) is 8.94. The maximum Gasteiger partial charge on any atom is 0.222 e. The van der Waals surface area contributed by atoms with E-state index in [0.717, 1.165) is 25.6 Å². The van der Waals surface area contributed by atoms with Crippen LogP contribution < -0.4 is 10.2 Å². The molecule has 24 heavy (non-hydrogen) atoms. The van der Waals surface area contributed by atoms with Crippen LogP contribution in [0.5, 0.6) is 0 Å². The molecule has 1 saturated heterocycles. The molecule has 126 valence electrons. The van der Waals surface area contributed by atoms with E-state index in [1.54, 1.807) is 12.4 Å². The molecule has 1 aliphatic heterocycles. The van der Waals surface area contributed by atoms with Crippen molar-refractivity contribution in [2.75, 3.05) is 42.9 Å². The Morgan fingerprint density at radius 3 is 2.33 bits per heavy atom. The lowest BCUT2D eigenvalue weighted by molar-refractivity contribution is 0.248. The number of nitrogens with zero attached hydrogens (tertiary/aromatic N) is 4. The van der Waals surface area contributed by atoms with Crippen molar-refractivity contribution in [3.63, 3.8) is 0 Å². The number of aromatic nitrogens is 2. The summed E-state index contributed by atoms with van der Waals surface area (Å²) in [6.07, 6.45) is 6.40. The van der Waals surface area contributed by atoms with Crippen LogP contribution in [0.2, 0.25) is 0 Å². The third kappa shape index (κ3) is 4.03. The second kappa shape index (κ2) is 7.18. The van der Waals surface area contributed by atoms with Gasteiger partial charge >= 0.3 is 0 Å². The van der Waals surface area contributed by atoms with Crippen LogP contribution in [0.4, 0.5) is 11.6 Å². The van der Waals surface area contributed by atoms with E-state index in [9.17, 15) is 0 Å². The highest BCUT2D eigenvalue weighted by molar-refractivity contribution is 5.48. The van der Waals surface area contributed by atoms with Gasteiger partial charge in [0.1, 0.15) is 0 Å². The summed E-state index contributed by atoms with van der Waals surface area (Å²) >= 11 is 0. The van der Waals surface area contributed by atoms with E-state index in [1.807, 2.05) is 6.07 Å². The summed E-state index contributed by atoms with van der Waals surface area (Å²) in [4.78, 5) is 13.5. The van der Waals surface area contributed by atoms with Crippen molar-refractivity contribution in [1.82, 2.24) is 14.9 Å². The number of hydrogen-bond donors (Lipinski definition) is 1. The molecule has 0 unspecified atom stereocenters. The topological polar surface area (TPSA) is 44.3 Å². The molecule has 5 nitrogen and oxygen atoms in total. The maximum atomic E-state index is 4.18. The van der Waals surface area contributed by atoms with E-state index in [2.05, 4.69) is 49.4 Å². The van der Waals surface area contributed by atoms with Crippen LogP contribution in [-0.4, -0.2) is 47.6 Å². The van der Waals surface area contributed by atoms with E-state index in [4.69, 9.17) is 0 Å². The Morgan fingerprint density at radius 1 is 0.958 bits per heavy atom. The Bertz CT molecular complexity index is 631. The lowest BCUT2D eigenvalue weighted by Crippen LogP contribution is -2.47. The third-order valence-electron chi connectivity index (χ3n) is 4.90. The largest absolute Gasteiger partial charge is 0.369 e. The lowest BCUT2D eigenvalue weighted by Gasteiger charge is -2.36. The minimum absolute atomic E-state index is 0.674. The average molecular weight is 323 g/mol. The summed E-state index contributed by atoms with van der Waals surface area (Å²) in [5.41, 5.74) is 2.58. The number of rotatable bonds is 6. The Kier molecular flexibility index (Phi) is 4.60. The van der Waals surface area contributed by atoms with Gasteiger partial charge in [-0.3, -0.25) is 4.90 Å². The fourth-order valence-corrected chi connectivity index (χ4v) is 3.25. The van der Waals surface area contributed by atoms with E-state index in [1.165, 1.54) is 43.7 Å². The molecule has 2 heterocycles. The first kappa shape index (κ1) is 15.4. The van der Waals surface area contributed by atoms with Crippen LogP contribution >= 0.6 is 0 Å². The second-order valence-electron chi connectivity index (χ2n) is 6.82. The van der Waals surface area contributed by atoms with Crippen LogP contribution in [-0.2, 0) is 6.54 Å². The van der Waals surface area contributed by atoms with Gasteiger partial charge in [-0.1, -0.05) is 12.1 Å². The van der Waals surface area contributed by atoms with Crippen molar-refractivity contribution in [2.24, 2.45) is 5.92 Å².